The van der Waals surface area contributed by atoms with Gasteiger partial charge in [-0.25, -0.2) is 4.99 Å². The van der Waals surface area contributed by atoms with E-state index in [9.17, 15) is 15.0 Å². The number of amides is 1. The molecule has 4 rings (SSSR count). The molecule has 0 saturated carbocycles. The number of H-pyrrole nitrogens is 1. The number of fused-ring (bicyclic) bond motifs is 2. The van der Waals surface area contributed by atoms with Gasteiger partial charge < -0.3 is 25.0 Å². The molecule has 2 aromatic carbocycles. The number of hydrogen-bond donors (Lipinski definition) is 3. The number of phenolic OH excluding ortho intramolecular Hbond substituents is 2. The fraction of sp³-hybridized carbons (Fsp3) is 0.333. The van der Waals surface area contributed by atoms with Crippen molar-refractivity contribution in [3.8, 4) is 22.6 Å². The fourth-order valence-electron chi connectivity index (χ4n) is 4.10. The molecule has 162 valence electrons. The molecule has 0 unspecified atom stereocenters. The van der Waals surface area contributed by atoms with Crippen molar-refractivity contribution < 1.29 is 15.0 Å². The highest BCUT2D eigenvalue weighted by atomic mass is 16.3. The minimum Gasteiger partial charge on any atom is -0.507 e. The molecular formula is C24H28N4O3. The number of aromatic nitrogens is 1. The Morgan fingerprint density at radius 3 is 2.32 bits per heavy atom. The van der Waals surface area contributed by atoms with Gasteiger partial charge in [-0.3, -0.25) is 4.79 Å². The first-order valence-electron chi connectivity index (χ1n) is 10.4. The van der Waals surface area contributed by atoms with Crippen LogP contribution in [0, 0.1) is 0 Å². The number of benzene rings is 2. The first-order chi connectivity index (χ1) is 14.8. The van der Waals surface area contributed by atoms with Gasteiger partial charge in [0.1, 0.15) is 11.5 Å². The summed E-state index contributed by atoms with van der Waals surface area (Å²) in [7, 11) is 7.92. The molecule has 1 aliphatic rings. The number of likely N-dealkylation sites (N-methyl/N-ethyl adjacent to an activating group) is 1. The molecule has 0 atom stereocenters. The molecule has 0 aliphatic carbocycles. The van der Waals surface area contributed by atoms with Crippen LogP contribution in [-0.4, -0.2) is 72.2 Å². The molecule has 0 saturated heterocycles. The lowest BCUT2D eigenvalue weighted by atomic mass is 9.97. The zero-order valence-corrected chi connectivity index (χ0v) is 18.4. The molecule has 3 N–H and O–H groups in total. The topological polar surface area (TPSA) is 92.2 Å². The maximum absolute atomic E-state index is 12.5. The van der Waals surface area contributed by atoms with Crippen LogP contribution in [0.5, 0.6) is 11.5 Å². The van der Waals surface area contributed by atoms with Gasteiger partial charge in [0, 0.05) is 41.4 Å². The maximum Gasteiger partial charge on any atom is 0.274 e. The van der Waals surface area contributed by atoms with Crippen molar-refractivity contribution >= 4 is 22.4 Å². The van der Waals surface area contributed by atoms with Crippen LogP contribution in [0.15, 0.2) is 35.5 Å². The quantitative estimate of drug-likeness (QED) is 0.540. The average Bonchev–Trinajstić information content (AvgIpc) is 3.27. The summed E-state index contributed by atoms with van der Waals surface area (Å²) in [5, 5.41) is 23.5. The number of aromatic hydroxyl groups is 2. The van der Waals surface area contributed by atoms with E-state index in [1.54, 1.807) is 24.3 Å². The third-order valence-electron chi connectivity index (χ3n) is 5.76. The fourth-order valence-corrected chi connectivity index (χ4v) is 4.10. The van der Waals surface area contributed by atoms with Gasteiger partial charge in [0.2, 0.25) is 0 Å². The van der Waals surface area contributed by atoms with E-state index in [0.717, 1.165) is 35.0 Å². The Bertz CT molecular complexity index is 1290. The van der Waals surface area contributed by atoms with Gasteiger partial charge >= 0.3 is 0 Å². The maximum atomic E-state index is 12.5. The van der Waals surface area contributed by atoms with Crippen LogP contribution in [0.25, 0.3) is 27.6 Å². The Morgan fingerprint density at radius 2 is 1.61 bits per heavy atom. The first-order valence-corrected chi connectivity index (χ1v) is 10.4. The van der Waals surface area contributed by atoms with Gasteiger partial charge in [-0.05, 0) is 70.9 Å². The lowest BCUT2D eigenvalue weighted by Crippen LogP contribution is -2.25. The monoisotopic (exact) mass is 420 g/mol. The molecule has 0 bridgehead atoms. The second-order valence-corrected chi connectivity index (χ2v) is 8.55. The number of aromatic amines is 1. The number of phenols is 2. The number of hydrogen-bond acceptors (Lipinski definition) is 5. The number of nitrogens with one attached hydrogen (secondary N) is 1. The molecule has 0 spiro atoms. The van der Waals surface area contributed by atoms with E-state index in [-0.39, 0.29) is 17.4 Å². The SMILES string of the molecule is CN(C)CCC1=c2c(O)c(-c3ccc(O)c4c(CCN(C)C)c[nH]c34)ccc2=NC1=O. The van der Waals surface area contributed by atoms with E-state index in [1.807, 2.05) is 39.3 Å². The molecule has 1 aromatic heterocycles. The summed E-state index contributed by atoms with van der Waals surface area (Å²) in [5.41, 5.74) is 3.70. The average molecular weight is 421 g/mol. The lowest BCUT2D eigenvalue weighted by molar-refractivity contribution is -0.112. The summed E-state index contributed by atoms with van der Waals surface area (Å²) in [6.07, 6.45) is 3.22. The van der Waals surface area contributed by atoms with Crippen molar-refractivity contribution in [2.24, 2.45) is 4.99 Å². The molecule has 31 heavy (non-hydrogen) atoms. The van der Waals surface area contributed by atoms with Gasteiger partial charge in [-0.1, -0.05) is 0 Å². The number of nitrogens with zero attached hydrogens (tertiary/aromatic N) is 3. The number of carbonyl (C=O) groups excluding carboxylic acids is 1. The summed E-state index contributed by atoms with van der Waals surface area (Å²) in [4.78, 5) is 23.9. The summed E-state index contributed by atoms with van der Waals surface area (Å²) in [6.45, 7) is 1.55. The molecular weight excluding hydrogens is 392 g/mol. The Balaban J connectivity index is 1.88. The predicted octanol–water partition coefficient (Wildman–Crippen LogP) is 1.61. The van der Waals surface area contributed by atoms with E-state index < -0.39 is 0 Å². The molecule has 7 nitrogen and oxygen atoms in total. The zero-order valence-electron chi connectivity index (χ0n) is 18.4. The number of rotatable bonds is 7. The summed E-state index contributed by atoms with van der Waals surface area (Å²) in [6, 6.07) is 7.01. The molecule has 3 aromatic rings. The van der Waals surface area contributed by atoms with Crippen LogP contribution in [0.3, 0.4) is 0 Å². The van der Waals surface area contributed by atoms with Crippen LogP contribution in [-0.2, 0) is 11.2 Å². The van der Waals surface area contributed by atoms with Crippen molar-refractivity contribution in [1.29, 1.82) is 0 Å². The van der Waals surface area contributed by atoms with Crippen LogP contribution < -0.4 is 10.6 Å². The molecule has 2 heterocycles. The normalized spacial score (nSPS) is 13.5. The van der Waals surface area contributed by atoms with Crippen LogP contribution >= 0.6 is 0 Å². The largest absolute Gasteiger partial charge is 0.507 e. The van der Waals surface area contributed by atoms with Crippen LogP contribution in [0.4, 0.5) is 0 Å². The second-order valence-electron chi connectivity index (χ2n) is 8.55. The molecule has 0 fully saturated rings. The van der Waals surface area contributed by atoms with Gasteiger partial charge in [-0.2, -0.15) is 0 Å². The van der Waals surface area contributed by atoms with E-state index in [2.05, 4.69) is 14.9 Å². The Labute approximate surface area is 180 Å². The second kappa shape index (κ2) is 8.17. The van der Waals surface area contributed by atoms with Crippen molar-refractivity contribution in [3.05, 3.63) is 46.6 Å². The Hall–Kier alpha value is -3.16. The van der Waals surface area contributed by atoms with Gasteiger partial charge in [0.25, 0.3) is 5.91 Å². The molecule has 1 amide bonds. The van der Waals surface area contributed by atoms with Crippen molar-refractivity contribution in [1.82, 2.24) is 14.8 Å². The Kier molecular flexibility index (Phi) is 5.56. The highest BCUT2D eigenvalue weighted by molar-refractivity contribution is 6.16. The molecule has 7 heteroatoms. The summed E-state index contributed by atoms with van der Waals surface area (Å²) in [5.74, 6) is -0.0268. The highest BCUT2D eigenvalue weighted by Gasteiger charge is 2.22. The van der Waals surface area contributed by atoms with E-state index >= 15 is 0 Å². The van der Waals surface area contributed by atoms with Crippen molar-refractivity contribution in [2.45, 2.75) is 12.8 Å². The Morgan fingerprint density at radius 1 is 0.935 bits per heavy atom. The summed E-state index contributed by atoms with van der Waals surface area (Å²) >= 11 is 0. The highest BCUT2D eigenvalue weighted by Crippen LogP contribution is 2.38. The molecule has 0 radical (unpaired) electrons. The summed E-state index contributed by atoms with van der Waals surface area (Å²) < 4.78 is 0. The van der Waals surface area contributed by atoms with E-state index in [4.69, 9.17) is 0 Å². The van der Waals surface area contributed by atoms with Crippen LogP contribution in [0.1, 0.15) is 12.0 Å². The van der Waals surface area contributed by atoms with Gasteiger partial charge in [0.15, 0.2) is 0 Å². The van der Waals surface area contributed by atoms with E-state index in [1.165, 1.54) is 0 Å². The predicted molar refractivity (Wildman–Crippen MR) is 122 cm³/mol. The number of carbonyl (C=O) groups is 1. The zero-order chi connectivity index (χ0) is 22.3. The first kappa shape index (κ1) is 21.1. The van der Waals surface area contributed by atoms with Gasteiger partial charge in [-0.15, -0.1) is 0 Å². The third kappa shape index (κ3) is 3.82. The lowest BCUT2D eigenvalue weighted by Gasteiger charge is -2.11. The minimum absolute atomic E-state index is 0.0530. The molecule has 1 aliphatic heterocycles. The van der Waals surface area contributed by atoms with Crippen LogP contribution in [0.2, 0.25) is 0 Å². The third-order valence-corrected chi connectivity index (χ3v) is 5.76. The van der Waals surface area contributed by atoms with Crippen molar-refractivity contribution in [2.75, 3.05) is 41.3 Å². The smallest absolute Gasteiger partial charge is 0.274 e. The standard InChI is InChI=1S/C24H28N4O3/c1-27(2)11-9-14-13-25-22-15(6-8-19(29)20(14)22)16-5-7-18-21(23(16)30)17(24(31)26-18)10-12-28(3)4/h5-8,13,25,29-30H,9-12H2,1-4H3. The minimum atomic E-state index is -0.286. The van der Waals surface area contributed by atoms with Gasteiger partial charge in [0.05, 0.1) is 16.1 Å². The van der Waals surface area contributed by atoms with E-state index in [0.29, 0.717) is 34.7 Å². The van der Waals surface area contributed by atoms with Crippen molar-refractivity contribution in [3.63, 3.8) is 0 Å².